The van der Waals surface area contributed by atoms with Crippen molar-refractivity contribution in [1.82, 2.24) is 0 Å². The normalized spacial score (nSPS) is 18.1. The molecule has 2 aromatic carbocycles. The molecule has 0 spiro atoms. The van der Waals surface area contributed by atoms with Gasteiger partial charge in [0.2, 0.25) is 0 Å². The number of hydrogen-bond acceptors (Lipinski definition) is 1. The van der Waals surface area contributed by atoms with Gasteiger partial charge in [-0.3, -0.25) is 0 Å². The molecule has 0 bridgehead atoms. The van der Waals surface area contributed by atoms with E-state index in [0.29, 0.717) is 0 Å². The zero-order valence-corrected chi connectivity index (χ0v) is 12.8. The Morgan fingerprint density at radius 1 is 0.762 bits per heavy atom. The highest BCUT2D eigenvalue weighted by Crippen LogP contribution is 2.34. The van der Waals surface area contributed by atoms with Gasteiger partial charge in [-0.2, -0.15) is 0 Å². The smallest absolute Gasteiger partial charge is 0.0835 e. The number of fused-ring (bicyclic) bond motifs is 2. The summed E-state index contributed by atoms with van der Waals surface area (Å²) in [6.45, 7) is 1.46. The van der Waals surface area contributed by atoms with Gasteiger partial charge < -0.3 is 4.74 Å². The van der Waals surface area contributed by atoms with Crippen molar-refractivity contribution >= 4 is 11.6 Å². The van der Waals surface area contributed by atoms with E-state index in [-0.39, 0.29) is 5.38 Å². The molecule has 2 aromatic rings. The first kappa shape index (κ1) is 13.4. The minimum Gasteiger partial charge on any atom is -0.372 e. The third-order valence-electron chi connectivity index (χ3n) is 4.70. The Kier molecular flexibility index (Phi) is 3.48. The Morgan fingerprint density at radius 2 is 1.38 bits per heavy atom. The average molecular weight is 299 g/mol. The first-order chi connectivity index (χ1) is 10.3. The molecular formula is C19H19ClO. The third kappa shape index (κ3) is 2.49. The molecule has 1 aliphatic heterocycles. The van der Waals surface area contributed by atoms with Crippen molar-refractivity contribution in [3.8, 4) is 0 Å². The number of aryl methyl sites for hydroxylation is 2. The number of benzene rings is 2. The van der Waals surface area contributed by atoms with Gasteiger partial charge in [-0.25, -0.2) is 0 Å². The molecule has 0 aromatic heterocycles. The fourth-order valence-electron chi connectivity index (χ4n) is 3.45. The molecule has 0 radical (unpaired) electrons. The maximum atomic E-state index is 6.73. The second kappa shape index (κ2) is 5.47. The Labute approximate surface area is 130 Å². The number of ether oxygens (including phenoxy) is 1. The van der Waals surface area contributed by atoms with E-state index in [1.807, 2.05) is 0 Å². The average Bonchev–Trinajstić information content (AvgIpc) is 3.01. The van der Waals surface area contributed by atoms with E-state index in [2.05, 4.69) is 36.4 Å². The summed E-state index contributed by atoms with van der Waals surface area (Å²) in [6, 6.07) is 13.3. The largest absolute Gasteiger partial charge is 0.372 e. The number of halogens is 1. The Balaban J connectivity index is 1.66. The minimum absolute atomic E-state index is 0.0665. The summed E-state index contributed by atoms with van der Waals surface area (Å²) in [5.41, 5.74) is 7.99. The first-order valence-electron chi connectivity index (χ1n) is 7.76. The lowest BCUT2D eigenvalue weighted by Crippen LogP contribution is -2.04. The minimum atomic E-state index is -0.0665. The molecule has 2 aliphatic rings. The molecule has 1 nitrogen and oxygen atoms in total. The van der Waals surface area contributed by atoms with Crippen LogP contribution in [0.4, 0.5) is 0 Å². The predicted octanol–water partition coefficient (Wildman–Crippen LogP) is 4.92. The van der Waals surface area contributed by atoms with Gasteiger partial charge in [-0.1, -0.05) is 36.4 Å². The summed E-state index contributed by atoms with van der Waals surface area (Å²) in [6.07, 6.45) is 5.05. The molecule has 0 saturated carbocycles. The summed E-state index contributed by atoms with van der Waals surface area (Å²) >= 11 is 6.73. The van der Waals surface area contributed by atoms with E-state index in [9.17, 15) is 0 Å². The van der Waals surface area contributed by atoms with E-state index < -0.39 is 0 Å². The standard InChI is InChI=1S/C19H19ClO/c20-19(16-7-8-17-11-21-12-18(17)10-16)15-6-5-13-3-1-2-4-14(13)9-15/h5-10,19H,1-4,11-12H2. The van der Waals surface area contributed by atoms with Crippen LogP contribution in [0.2, 0.25) is 0 Å². The maximum Gasteiger partial charge on any atom is 0.0835 e. The molecule has 0 saturated heterocycles. The second-order valence-electron chi connectivity index (χ2n) is 6.12. The van der Waals surface area contributed by atoms with Crippen LogP contribution < -0.4 is 0 Å². The van der Waals surface area contributed by atoms with Crippen molar-refractivity contribution in [1.29, 1.82) is 0 Å². The van der Waals surface area contributed by atoms with Crippen LogP contribution >= 0.6 is 11.6 Å². The van der Waals surface area contributed by atoms with Crippen LogP contribution in [0.1, 0.15) is 51.6 Å². The van der Waals surface area contributed by atoms with E-state index >= 15 is 0 Å². The van der Waals surface area contributed by atoms with E-state index in [4.69, 9.17) is 16.3 Å². The van der Waals surface area contributed by atoms with E-state index in [0.717, 1.165) is 13.2 Å². The molecule has 0 fully saturated rings. The van der Waals surface area contributed by atoms with Crippen LogP contribution in [0.15, 0.2) is 36.4 Å². The Hall–Kier alpha value is -1.31. The summed E-state index contributed by atoms with van der Waals surface area (Å²) < 4.78 is 5.49. The Bertz CT molecular complexity index is 677. The summed E-state index contributed by atoms with van der Waals surface area (Å²) in [4.78, 5) is 0. The highest BCUT2D eigenvalue weighted by atomic mass is 35.5. The van der Waals surface area contributed by atoms with Gasteiger partial charge in [-0.15, -0.1) is 11.6 Å². The first-order valence-corrected chi connectivity index (χ1v) is 8.20. The molecule has 0 N–H and O–H groups in total. The molecule has 2 heteroatoms. The molecule has 108 valence electrons. The molecule has 1 unspecified atom stereocenters. The van der Waals surface area contributed by atoms with Crippen LogP contribution in [-0.2, 0) is 30.8 Å². The summed E-state index contributed by atoms with van der Waals surface area (Å²) in [7, 11) is 0. The topological polar surface area (TPSA) is 9.23 Å². The summed E-state index contributed by atoms with van der Waals surface area (Å²) in [5, 5.41) is -0.0665. The van der Waals surface area contributed by atoms with Crippen LogP contribution in [0.5, 0.6) is 0 Å². The van der Waals surface area contributed by atoms with Gasteiger partial charge in [0.25, 0.3) is 0 Å². The van der Waals surface area contributed by atoms with Crippen LogP contribution in [0, 0.1) is 0 Å². The zero-order valence-electron chi connectivity index (χ0n) is 12.1. The molecule has 1 heterocycles. The van der Waals surface area contributed by atoms with Gasteiger partial charge in [0.15, 0.2) is 0 Å². The SMILES string of the molecule is ClC(c1ccc2c(c1)CCCC2)c1ccc2c(c1)COC2. The molecule has 1 aliphatic carbocycles. The van der Waals surface area contributed by atoms with Crippen LogP contribution in [0.3, 0.4) is 0 Å². The molecule has 0 amide bonds. The molecule has 21 heavy (non-hydrogen) atoms. The van der Waals surface area contributed by atoms with Crippen molar-refractivity contribution < 1.29 is 4.74 Å². The third-order valence-corrected chi connectivity index (χ3v) is 5.21. The zero-order chi connectivity index (χ0) is 14.2. The van der Waals surface area contributed by atoms with E-state index in [1.54, 1.807) is 0 Å². The highest BCUT2D eigenvalue weighted by molar-refractivity contribution is 6.22. The lowest BCUT2D eigenvalue weighted by atomic mass is 9.89. The lowest BCUT2D eigenvalue weighted by Gasteiger charge is -2.19. The van der Waals surface area contributed by atoms with Gasteiger partial charge >= 0.3 is 0 Å². The van der Waals surface area contributed by atoms with Crippen molar-refractivity contribution in [2.24, 2.45) is 0 Å². The monoisotopic (exact) mass is 298 g/mol. The van der Waals surface area contributed by atoms with Gasteiger partial charge in [-0.05, 0) is 59.1 Å². The molecule has 1 atom stereocenters. The van der Waals surface area contributed by atoms with Crippen LogP contribution in [-0.4, -0.2) is 0 Å². The fraction of sp³-hybridized carbons (Fsp3) is 0.368. The predicted molar refractivity (Wildman–Crippen MR) is 85.7 cm³/mol. The molecule has 4 rings (SSSR count). The molecular weight excluding hydrogens is 280 g/mol. The van der Waals surface area contributed by atoms with Gasteiger partial charge in [0.1, 0.15) is 0 Å². The second-order valence-corrected chi connectivity index (χ2v) is 6.56. The fourth-order valence-corrected chi connectivity index (χ4v) is 3.72. The van der Waals surface area contributed by atoms with Crippen molar-refractivity contribution in [3.63, 3.8) is 0 Å². The Morgan fingerprint density at radius 3 is 2.19 bits per heavy atom. The van der Waals surface area contributed by atoms with Crippen molar-refractivity contribution in [3.05, 3.63) is 69.8 Å². The quantitative estimate of drug-likeness (QED) is 0.715. The highest BCUT2D eigenvalue weighted by Gasteiger charge is 2.18. The lowest BCUT2D eigenvalue weighted by molar-refractivity contribution is 0.134. The van der Waals surface area contributed by atoms with Crippen LogP contribution in [0.25, 0.3) is 0 Å². The number of alkyl halides is 1. The number of hydrogen-bond donors (Lipinski definition) is 0. The van der Waals surface area contributed by atoms with Gasteiger partial charge in [0, 0.05) is 0 Å². The number of rotatable bonds is 2. The van der Waals surface area contributed by atoms with Gasteiger partial charge in [0.05, 0.1) is 18.6 Å². The van der Waals surface area contributed by atoms with E-state index in [1.165, 1.54) is 59.1 Å². The van der Waals surface area contributed by atoms with Crippen molar-refractivity contribution in [2.75, 3.05) is 0 Å². The van der Waals surface area contributed by atoms with Crippen molar-refractivity contribution in [2.45, 2.75) is 44.3 Å². The maximum absolute atomic E-state index is 6.73. The summed E-state index contributed by atoms with van der Waals surface area (Å²) in [5.74, 6) is 0.